The van der Waals surface area contributed by atoms with Gasteiger partial charge < -0.3 is 0 Å². The molecule has 0 nitrogen and oxygen atoms in total. The van der Waals surface area contributed by atoms with E-state index >= 15 is 0 Å². The highest BCUT2D eigenvalue weighted by molar-refractivity contribution is 6.22. The maximum absolute atomic E-state index is 2.44. The van der Waals surface area contributed by atoms with Gasteiger partial charge in [-0.05, 0) is 83.2 Å². The average Bonchev–Trinajstić information content (AvgIpc) is 3.26. The Labute approximate surface area is 241 Å². The Bertz CT molecular complexity index is 2050. The summed E-state index contributed by atoms with van der Waals surface area (Å²) in [5, 5.41) is 5.14. The molecule has 0 unspecified atom stereocenters. The van der Waals surface area contributed by atoms with Crippen molar-refractivity contribution in [2.75, 3.05) is 0 Å². The highest BCUT2D eigenvalue weighted by Crippen LogP contribution is 2.51. The van der Waals surface area contributed by atoms with E-state index in [1.165, 1.54) is 77.2 Å². The van der Waals surface area contributed by atoms with Crippen LogP contribution in [0.1, 0.15) is 25.0 Å². The van der Waals surface area contributed by atoms with E-state index in [-0.39, 0.29) is 5.41 Å². The maximum Gasteiger partial charge on any atom is 0.0159 e. The van der Waals surface area contributed by atoms with Crippen LogP contribution in [0.25, 0.3) is 66.1 Å². The van der Waals surface area contributed by atoms with Gasteiger partial charge in [0.1, 0.15) is 0 Å². The third kappa shape index (κ3) is 3.54. The highest BCUT2D eigenvalue weighted by Gasteiger charge is 2.35. The summed E-state index contributed by atoms with van der Waals surface area (Å²) < 4.78 is 0. The Kier molecular flexibility index (Phi) is 5.27. The average molecular weight is 523 g/mol. The largest absolute Gasteiger partial charge is 0.0622 e. The molecule has 0 spiro atoms. The van der Waals surface area contributed by atoms with Crippen molar-refractivity contribution in [3.63, 3.8) is 0 Å². The Morgan fingerprint density at radius 2 is 0.829 bits per heavy atom. The van der Waals surface area contributed by atoms with Crippen molar-refractivity contribution in [2.45, 2.75) is 19.3 Å². The van der Waals surface area contributed by atoms with Gasteiger partial charge in [-0.1, -0.05) is 153 Å². The summed E-state index contributed by atoms with van der Waals surface area (Å²) >= 11 is 0. The summed E-state index contributed by atoms with van der Waals surface area (Å²) in [6.45, 7) is 4.72. The van der Waals surface area contributed by atoms with E-state index < -0.39 is 0 Å². The molecule has 0 heterocycles. The minimum atomic E-state index is -0.0341. The number of fused-ring (bicyclic) bond motifs is 5. The van der Waals surface area contributed by atoms with Crippen LogP contribution in [0, 0.1) is 0 Å². The van der Waals surface area contributed by atoms with Gasteiger partial charge in [-0.25, -0.2) is 0 Å². The van der Waals surface area contributed by atoms with Crippen LogP contribution in [0.4, 0.5) is 0 Å². The first kappa shape index (κ1) is 23.9. The molecule has 0 aromatic heterocycles. The van der Waals surface area contributed by atoms with E-state index in [0.717, 1.165) is 0 Å². The van der Waals surface area contributed by atoms with Gasteiger partial charge in [0.15, 0.2) is 0 Å². The lowest BCUT2D eigenvalue weighted by Gasteiger charge is -2.23. The molecule has 0 fully saturated rings. The van der Waals surface area contributed by atoms with Gasteiger partial charge in [0.25, 0.3) is 0 Å². The minimum Gasteiger partial charge on any atom is -0.0622 e. The Balaban J connectivity index is 1.42. The molecule has 0 heteroatoms. The summed E-state index contributed by atoms with van der Waals surface area (Å²) in [7, 11) is 0. The van der Waals surface area contributed by atoms with Gasteiger partial charge in [0.05, 0.1) is 0 Å². The molecular formula is C41H30. The van der Waals surface area contributed by atoms with Crippen molar-refractivity contribution in [2.24, 2.45) is 0 Å². The molecule has 194 valence electrons. The molecule has 41 heavy (non-hydrogen) atoms. The van der Waals surface area contributed by atoms with Gasteiger partial charge in [0.2, 0.25) is 0 Å². The van der Waals surface area contributed by atoms with Crippen LogP contribution in [0.3, 0.4) is 0 Å². The van der Waals surface area contributed by atoms with Crippen LogP contribution in [0.5, 0.6) is 0 Å². The number of benzene rings is 7. The summed E-state index contributed by atoms with van der Waals surface area (Å²) in [5.74, 6) is 0. The van der Waals surface area contributed by atoms with Gasteiger partial charge in [-0.3, -0.25) is 0 Å². The summed E-state index contributed by atoms with van der Waals surface area (Å²) in [6, 6.07) is 53.6. The summed E-state index contributed by atoms with van der Waals surface area (Å²) in [6.07, 6.45) is 0. The van der Waals surface area contributed by atoms with Crippen molar-refractivity contribution >= 4 is 21.5 Å². The maximum atomic E-state index is 2.44. The Hall–Kier alpha value is -4.94. The lowest BCUT2D eigenvalue weighted by atomic mass is 9.80. The molecule has 1 aliphatic carbocycles. The molecule has 0 N–H and O–H groups in total. The fourth-order valence-electron chi connectivity index (χ4n) is 7.16. The third-order valence-electron chi connectivity index (χ3n) is 9.08. The van der Waals surface area contributed by atoms with Crippen LogP contribution < -0.4 is 0 Å². The van der Waals surface area contributed by atoms with Crippen LogP contribution in [-0.4, -0.2) is 0 Å². The number of hydrogen-bond donors (Lipinski definition) is 0. The van der Waals surface area contributed by atoms with Gasteiger partial charge in [-0.15, -0.1) is 0 Å². The van der Waals surface area contributed by atoms with Crippen LogP contribution in [-0.2, 0) is 5.41 Å². The first-order valence-electron chi connectivity index (χ1n) is 14.5. The Morgan fingerprint density at radius 3 is 1.49 bits per heavy atom. The van der Waals surface area contributed by atoms with Gasteiger partial charge >= 0.3 is 0 Å². The summed E-state index contributed by atoms with van der Waals surface area (Å²) in [5.41, 5.74) is 13.2. The van der Waals surface area contributed by atoms with Crippen LogP contribution in [0.15, 0.2) is 146 Å². The first-order chi connectivity index (χ1) is 20.1. The molecule has 0 saturated carbocycles. The molecule has 0 atom stereocenters. The topological polar surface area (TPSA) is 0 Å². The van der Waals surface area contributed by atoms with Gasteiger partial charge in [-0.2, -0.15) is 0 Å². The zero-order chi connectivity index (χ0) is 27.6. The highest BCUT2D eigenvalue weighted by atomic mass is 14.4. The fraction of sp³-hybridized carbons (Fsp3) is 0.0732. The second-order valence-electron chi connectivity index (χ2n) is 11.7. The van der Waals surface area contributed by atoms with Crippen molar-refractivity contribution in [1.29, 1.82) is 0 Å². The SMILES string of the molecule is CC1(C)c2ccccc2-c2ccc(-c3ccccc3-c3c4ccccc4c(-c4ccccc4)c4ccccc34)cc21. The van der Waals surface area contributed by atoms with E-state index in [9.17, 15) is 0 Å². The van der Waals surface area contributed by atoms with Gasteiger partial charge in [0, 0.05) is 5.41 Å². The van der Waals surface area contributed by atoms with Crippen molar-refractivity contribution in [1.82, 2.24) is 0 Å². The second kappa shape index (κ2) is 9.04. The minimum absolute atomic E-state index is 0.0341. The van der Waals surface area contributed by atoms with E-state index in [4.69, 9.17) is 0 Å². The van der Waals surface area contributed by atoms with Crippen molar-refractivity contribution in [3.05, 3.63) is 157 Å². The normalized spacial score (nSPS) is 13.3. The lowest BCUT2D eigenvalue weighted by Crippen LogP contribution is -2.14. The predicted molar refractivity (Wildman–Crippen MR) is 175 cm³/mol. The third-order valence-corrected chi connectivity index (χ3v) is 9.08. The fourth-order valence-corrected chi connectivity index (χ4v) is 7.16. The molecule has 0 radical (unpaired) electrons. The van der Waals surface area contributed by atoms with E-state index in [1.54, 1.807) is 0 Å². The zero-order valence-electron chi connectivity index (χ0n) is 23.4. The second-order valence-corrected chi connectivity index (χ2v) is 11.7. The molecule has 7 aromatic carbocycles. The predicted octanol–water partition coefficient (Wildman–Crippen LogP) is 11.3. The molecule has 8 rings (SSSR count). The molecular weight excluding hydrogens is 492 g/mol. The lowest BCUT2D eigenvalue weighted by molar-refractivity contribution is 0.660. The molecule has 0 amide bonds. The zero-order valence-corrected chi connectivity index (χ0v) is 23.4. The first-order valence-corrected chi connectivity index (χ1v) is 14.5. The van der Waals surface area contributed by atoms with E-state index in [0.29, 0.717) is 0 Å². The molecule has 0 aliphatic heterocycles. The molecule has 0 saturated heterocycles. The van der Waals surface area contributed by atoms with Crippen molar-refractivity contribution < 1.29 is 0 Å². The molecule has 7 aromatic rings. The van der Waals surface area contributed by atoms with Crippen LogP contribution in [0.2, 0.25) is 0 Å². The Morgan fingerprint density at radius 1 is 0.341 bits per heavy atom. The summed E-state index contributed by atoms with van der Waals surface area (Å²) in [4.78, 5) is 0. The standard InChI is InChI=1S/C41H30/c1-41(2)37-23-13-12-17-30(37)31-25-24-28(26-38(31)41)29-16-6-7-18-32(29)40-35-21-10-8-19-33(35)39(27-14-4-3-5-15-27)34-20-9-11-22-36(34)40/h3-26H,1-2H3. The monoisotopic (exact) mass is 522 g/mol. The number of rotatable bonds is 3. The van der Waals surface area contributed by atoms with E-state index in [2.05, 4.69) is 159 Å². The quantitative estimate of drug-likeness (QED) is 0.202. The number of hydrogen-bond acceptors (Lipinski definition) is 0. The van der Waals surface area contributed by atoms with E-state index in [1.807, 2.05) is 0 Å². The smallest absolute Gasteiger partial charge is 0.0159 e. The molecule has 1 aliphatic rings. The molecule has 0 bridgehead atoms. The van der Waals surface area contributed by atoms with Crippen LogP contribution >= 0.6 is 0 Å². The van der Waals surface area contributed by atoms with Crippen molar-refractivity contribution in [3.8, 4) is 44.5 Å².